The third-order valence-electron chi connectivity index (χ3n) is 2.36. The van der Waals surface area contributed by atoms with Crippen molar-refractivity contribution in [2.45, 2.75) is 4.90 Å². The lowest BCUT2D eigenvalue weighted by atomic mass is 9.93. The Hall–Kier alpha value is -1.32. The molecule has 3 heteroatoms. The van der Waals surface area contributed by atoms with Crippen molar-refractivity contribution in [2.75, 3.05) is 6.26 Å². The molecule has 0 saturated carbocycles. The van der Waals surface area contributed by atoms with Gasteiger partial charge in [-0.25, -0.2) is 0 Å². The summed E-state index contributed by atoms with van der Waals surface area (Å²) in [6.07, 6.45) is 5.08. The van der Waals surface area contributed by atoms with Crippen LogP contribution < -0.4 is 0 Å². The zero-order valence-corrected chi connectivity index (χ0v) is 9.14. The number of carbonyl (C=O) groups is 1. The quantitative estimate of drug-likeness (QED) is 0.535. The van der Waals surface area contributed by atoms with Crippen LogP contribution in [0.3, 0.4) is 0 Å². The maximum atomic E-state index is 11.7. The lowest BCUT2D eigenvalue weighted by Crippen LogP contribution is -2.11. The molecule has 0 aromatic heterocycles. The number of hydrogen-bond acceptors (Lipinski definition) is 2. The van der Waals surface area contributed by atoms with Gasteiger partial charge in [0.1, 0.15) is 6.26 Å². The third kappa shape index (κ3) is 1.64. The van der Waals surface area contributed by atoms with Gasteiger partial charge in [0.05, 0.1) is 0 Å². The molecule has 0 heterocycles. The third-order valence-corrected chi connectivity index (χ3v) is 3.34. The Labute approximate surface area is 91.5 Å². The molecular weight excluding hydrogens is 208 g/mol. The molecule has 1 aromatic carbocycles. The van der Waals surface area contributed by atoms with E-state index in [1.165, 1.54) is 0 Å². The first-order chi connectivity index (χ1) is 7.11. The number of fused-ring (bicyclic) bond motifs is 1. The van der Waals surface area contributed by atoms with Crippen LogP contribution in [0.1, 0.15) is 15.9 Å². The van der Waals surface area contributed by atoms with Crippen molar-refractivity contribution in [1.29, 1.82) is 0 Å². The highest BCUT2D eigenvalue weighted by Gasteiger charge is 2.22. The lowest BCUT2D eigenvalue weighted by molar-refractivity contribution is 0.103. The Bertz CT molecular complexity index is 473. The summed E-state index contributed by atoms with van der Waals surface area (Å²) < 4.78 is 11.4. The minimum Gasteiger partial charge on any atom is -0.612 e. The van der Waals surface area contributed by atoms with E-state index >= 15 is 0 Å². The molecule has 1 aliphatic carbocycles. The van der Waals surface area contributed by atoms with Gasteiger partial charge in [0.2, 0.25) is 0 Å². The van der Waals surface area contributed by atoms with Crippen LogP contribution in [-0.4, -0.2) is 16.6 Å². The minimum atomic E-state index is -1.08. The van der Waals surface area contributed by atoms with Crippen molar-refractivity contribution in [1.82, 2.24) is 0 Å². The van der Waals surface area contributed by atoms with Crippen LogP contribution in [0.5, 0.6) is 0 Å². The molecule has 0 saturated heterocycles. The summed E-state index contributed by atoms with van der Waals surface area (Å²) in [7, 11) is 0. The maximum Gasteiger partial charge on any atom is 0.193 e. The van der Waals surface area contributed by atoms with Gasteiger partial charge in [-0.3, -0.25) is 4.79 Å². The summed E-state index contributed by atoms with van der Waals surface area (Å²) in [5, 5.41) is 0. The second-order valence-corrected chi connectivity index (χ2v) is 4.71. The van der Waals surface area contributed by atoms with Crippen molar-refractivity contribution >= 4 is 23.0 Å². The number of benzene rings is 1. The van der Waals surface area contributed by atoms with E-state index in [0.29, 0.717) is 16.0 Å². The Kier molecular flexibility index (Phi) is 2.50. The van der Waals surface area contributed by atoms with E-state index in [-0.39, 0.29) is 5.78 Å². The maximum absolute atomic E-state index is 11.7. The van der Waals surface area contributed by atoms with Gasteiger partial charge in [0, 0.05) is 16.7 Å². The topological polar surface area (TPSA) is 40.1 Å². The molecule has 0 radical (unpaired) electrons. The van der Waals surface area contributed by atoms with Crippen LogP contribution in [-0.2, 0) is 11.2 Å². The molecule has 15 heavy (non-hydrogen) atoms. The normalized spacial score (nSPS) is 16.4. The van der Waals surface area contributed by atoms with Crippen LogP contribution in [0.15, 0.2) is 41.3 Å². The number of Topliss-reactive ketones (excluding diaryl/α,β-unsaturated/α-hetero) is 1. The SMILES string of the molecule is C=C1C=Cc2c(cccc2[S+](C)[O-])C1=O. The van der Waals surface area contributed by atoms with Gasteiger partial charge >= 0.3 is 0 Å². The van der Waals surface area contributed by atoms with Crippen LogP contribution in [0.25, 0.3) is 6.08 Å². The van der Waals surface area contributed by atoms with Crippen molar-refractivity contribution in [3.63, 3.8) is 0 Å². The first-order valence-electron chi connectivity index (χ1n) is 4.49. The van der Waals surface area contributed by atoms with E-state index in [0.717, 1.165) is 5.56 Å². The smallest absolute Gasteiger partial charge is 0.193 e. The van der Waals surface area contributed by atoms with E-state index in [9.17, 15) is 9.35 Å². The van der Waals surface area contributed by atoms with Crippen molar-refractivity contribution in [3.8, 4) is 0 Å². The van der Waals surface area contributed by atoms with Gasteiger partial charge in [-0.1, -0.05) is 24.8 Å². The van der Waals surface area contributed by atoms with Crippen LogP contribution in [0, 0.1) is 0 Å². The van der Waals surface area contributed by atoms with E-state index < -0.39 is 11.2 Å². The number of ketones is 1. The van der Waals surface area contributed by atoms with E-state index in [1.807, 2.05) is 0 Å². The molecule has 2 rings (SSSR count). The summed E-state index contributed by atoms with van der Waals surface area (Å²) in [5.74, 6) is -0.0835. The van der Waals surface area contributed by atoms with Crippen LogP contribution in [0.4, 0.5) is 0 Å². The molecule has 1 aromatic rings. The van der Waals surface area contributed by atoms with Crippen molar-refractivity contribution in [3.05, 3.63) is 47.6 Å². The fraction of sp³-hybridized carbons (Fsp3) is 0.0833. The van der Waals surface area contributed by atoms with E-state index in [4.69, 9.17) is 0 Å². The molecule has 0 amide bonds. The Morgan fingerprint density at radius 1 is 1.33 bits per heavy atom. The molecule has 2 nitrogen and oxygen atoms in total. The predicted molar refractivity (Wildman–Crippen MR) is 61.3 cm³/mol. The zero-order valence-electron chi connectivity index (χ0n) is 8.32. The van der Waals surface area contributed by atoms with Crippen molar-refractivity contribution in [2.24, 2.45) is 0 Å². The second kappa shape index (κ2) is 3.68. The van der Waals surface area contributed by atoms with Gasteiger partial charge in [-0.05, 0) is 23.3 Å². The van der Waals surface area contributed by atoms with Gasteiger partial charge in [-0.2, -0.15) is 0 Å². The van der Waals surface area contributed by atoms with Gasteiger partial charge in [-0.15, -0.1) is 0 Å². The number of rotatable bonds is 1. The standard InChI is InChI=1S/C12H10O2S/c1-8-6-7-9-10(12(8)13)4-3-5-11(9)15(2)14/h3-7H,1H2,2H3. The monoisotopic (exact) mass is 218 g/mol. The van der Waals surface area contributed by atoms with E-state index in [1.54, 1.807) is 36.6 Å². The molecule has 0 N–H and O–H groups in total. The average Bonchev–Trinajstić information content (AvgIpc) is 2.23. The highest BCUT2D eigenvalue weighted by atomic mass is 32.2. The Morgan fingerprint density at radius 2 is 2.07 bits per heavy atom. The highest BCUT2D eigenvalue weighted by Crippen LogP contribution is 2.27. The molecule has 0 aliphatic heterocycles. The molecule has 76 valence electrons. The predicted octanol–water partition coefficient (Wildman–Crippen LogP) is 2.19. The molecule has 0 fully saturated rings. The summed E-state index contributed by atoms with van der Waals surface area (Å²) in [5.41, 5.74) is 1.83. The molecule has 0 bridgehead atoms. The summed E-state index contributed by atoms with van der Waals surface area (Å²) in [6, 6.07) is 5.27. The number of carbonyl (C=O) groups excluding carboxylic acids is 1. The minimum absolute atomic E-state index is 0.0835. The average molecular weight is 218 g/mol. The van der Waals surface area contributed by atoms with Gasteiger partial charge in [0.15, 0.2) is 10.7 Å². The highest BCUT2D eigenvalue weighted by molar-refractivity contribution is 7.90. The summed E-state index contributed by atoms with van der Waals surface area (Å²) in [6.45, 7) is 3.66. The number of allylic oxidation sites excluding steroid dienone is 2. The molecule has 1 atom stereocenters. The Balaban J connectivity index is 2.66. The summed E-state index contributed by atoms with van der Waals surface area (Å²) in [4.78, 5) is 12.4. The largest absolute Gasteiger partial charge is 0.612 e. The van der Waals surface area contributed by atoms with Crippen molar-refractivity contribution < 1.29 is 9.35 Å². The molecule has 1 aliphatic rings. The lowest BCUT2D eigenvalue weighted by Gasteiger charge is -2.14. The first-order valence-corrected chi connectivity index (χ1v) is 6.05. The van der Waals surface area contributed by atoms with Gasteiger partial charge in [0.25, 0.3) is 0 Å². The molecule has 0 spiro atoms. The molecule has 1 unspecified atom stereocenters. The molecular formula is C12H10O2S. The second-order valence-electron chi connectivity index (χ2n) is 3.36. The van der Waals surface area contributed by atoms with Crippen LogP contribution in [0.2, 0.25) is 0 Å². The fourth-order valence-corrected chi connectivity index (χ4v) is 2.36. The van der Waals surface area contributed by atoms with Crippen LogP contribution >= 0.6 is 0 Å². The Morgan fingerprint density at radius 3 is 2.73 bits per heavy atom. The summed E-state index contributed by atoms with van der Waals surface area (Å²) >= 11 is -1.08. The zero-order chi connectivity index (χ0) is 11.0. The number of hydrogen-bond donors (Lipinski definition) is 0. The van der Waals surface area contributed by atoms with E-state index in [2.05, 4.69) is 6.58 Å². The van der Waals surface area contributed by atoms with Gasteiger partial charge < -0.3 is 4.55 Å². The first kappa shape index (κ1) is 10.2. The fourth-order valence-electron chi connectivity index (χ4n) is 1.60.